The summed E-state index contributed by atoms with van der Waals surface area (Å²) in [6.07, 6.45) is 2.71. The van der Waals surface area contributed by atoms with Crippen molar-refractivity contribution in [3.8, 4) is 16.9 Å². The van der Waals surface area contributed by atoms with Gasteiger partial charge in [0.1, 0.15) is 30.3 Å². The lowest BCUT2D eigenvalue weighted by atomic mass is 9.93. The maximum absolute atomic E-state index is 6.37. The molecule has 3 rings (SSSR count). The molecular weight excluding hydrogens is 352 g/mol. The molecule has 0 bridgehead atoms. The van der Waals surface area contributed by atoms with Crippen LogP contribution in [-0.2, 0) is 11.3 Å². The number of nitrogens with two attached hydrogens (primary N) is 1. The Morgan fingerprint density at radius 3 is 2.71 bits per heavy atom. The summed E-state index contributed by atoms with van der Waals surface area (Å²) in [4.78, 5) is 12.2. The van der Waals surface area contributed by atoms with E-state index in [4.69, 9.17) is 15.2 Å². The fraction of sp³-hybridized carbons (Fsp3) is 0.455. The van der Waals surface area contributed by atoms with Crippen molar-refractivity contribution >= 4 is 11.2 Å². The predicted octanol–water partition coefficient (Wildman–Crippen LogP) is 4.22. The van der Waals surface area contributed by atoms with E-state index < -0.39 is 0 Å². The van der Waals surface area contributed by atoms with Crippen LogP contribution in [0, 0.1) is 12.8 Å². The number of aromatic nitrogens is 3. The summed E-state index contributed by atoms with van der Waals surface area (Å²) in [6.45, 7) is 9.36. The molecule has 2 aromatic heterocycles. The molecule has 0 aliphatic rings. The number of fused-ring (bicyclic) bond motifs is 1. The Kier molecular flexibility index (Phi) is 6.01. The second-order valence-electron chi connectivity index (χ2n) is 8.19. The Morgan fingerprint density at radius 1 is 1.25 bits per heavy atom. The van der Waals surface area contributed by atoms with Gasteiger partial charge in [-0.15, -0.1) is 0 Å². The van der Waals surface area contributed by atoms with Gasteiger partial charge in [-0.05, 0) is 55.5 Å². The lowest BCUT2D eigenvalue weighted by Gasteiger charge is -2.27. The minimum Gasteiger partial charge on any atom is -0.491 e. The molecule has 0 aliphatic carbocycles. The summed E-state index contributed by atoms with van der Waals surface area (Å²) in [7, 11) is 1.65. The molecule has 3 aromatic rings. The topological polar surface area (TPSA) is 86.1 Å². The van der Waals surface area contributed by atoms with E-state index in [1.807, 2.05) is 19.1 Å². The minimum atomic E-state index is -0.344. The summed E-state index contributed by atoms with van der Waals surface area (Å²) >= 11 is 0. The van der Waals surface area contributed by atoms with Crippen molar-refractivity contribution < 1.29 is 9.47 Å². The van der Waals surface area contributed by atoms with E-state index in [0.717, 1.165) is 45.8 Å². The first-order chi connectivity index (χ1) is 13.3. The molecule has 150 valence electrons. The van der Waals surface area contributed by atoms with Crippen LogP contribution in [0.2, 0.25) is 0 Å². The van der Waals surface area contributed by atoms with Gasteiger partial charge in [0.05, 0.1) is 0 Å². The molecule has 2 heterocycles. The Bertz CT molecular complexity index is 947. The van der Waals surface area contributed by atoms with Crippen molar-refractivity contribution in [2.24, 2.45) is 11.7 Å². The maximum Gasteiger partial charge on any atom is 0.158 e. The summed E-state index contributed by atoms with van der Waals surface area (Å²) in [6, 6.07) is 8.16. The van der Waals surface area contributed by atoms with Crippen LogP contribution >= 0.6 is 0 Å². The maximum atomic E-state index is 6.37. The summed E-state index contributed by atoms with van der Waals surface area (Å²) < 4.78 is 11.2. The first-order valence-corrected chi connectivity index (χ1v) is 9.64. The van der Waals surface area contributed by atoms with Crippen LogP contribution in [0.3, 0.4) is 0 Å². The molecular formula is C22H30N4O2. The Balaban J connectivity index is 1.84. The number of pyridine rings is 1. The van der Waals surface area contributed by atoms with Crippen LogP contribution in [0.25, 0.3) is 22.3 Å². The smallest absolute Gasteiger partial charge is 0.158 e. The zero-order valence-electron chi connectivity index (χ0n) is 17.4. The van der Waals surface area contributed by atoms with Crippen molar-refractivity contribution in [2.75, 3.05) is 13.7 Å². The fourth-order valence-electron chi connectivity index (χ4n) is 3.61. The lowest BCUT2D eigenvalue weighted by Crippen LogP contribution is -2.43. The van der Waals surface area contributed by atoms with Crippen molar-refractivity contribution in [2.45, 2.75) is 46.3 Å². The molecule has 1 unspecified atom stereocenters. The molecule has 6 nitrogen and oxygen atoms in total. The molecule has 0 saturated heterocycles. The lowest BCUT2D eigenvalue weighted by molar-refractivity contribution is 0.179. The van der Waals surface area contributed by atoms with Gasteiger partial charge in [0.25, 0.3) is 0 Å². The third-order valence-electron chi connectivity index (χ3n) is 4.63. The molecule has 0 spiro atoms. The molecule has 0 fully saturated rings. The van der Waals surface area contributed by atoms with E-state index in [0.29, 0.717) is 19.1 Å². The average molecular weight is 383 g/mol. The third-order valence-corrected chi connectivity index (χ3v) is 4.63. The quantitative estimate of drug-likeness (QED) is 0.609. The second-order valence-corrected chi connectivity index (χ2v) is 8.19. The van der Waals surface area contributed by atoms with Crippen LogP contribution in [0.15, 0.2) is 30.5 Å². The number of methoxy groups -OCH3 is 1. The molecule has 1 atom stereocenters. The van der Waals surface area contributed by atoms with E-state index >= 15 is 0 Å². The molecule has 0 radical (unpaired) electrons. The number of hydrogen-bond donors (Lipinski definition) is 2. The number of nitrogens with zero attached hydrogens (tertiary/aromatic N) is 2. The van der Waals surface area contributed by atoms with Crippen LogP contribution in [-0.4, -0.2) is 34.2 Å². The minimum absolute atomic E-state index is 0.344. The first kappa shape index (κ1) is 20.3. The monoisotopic (exact) mass is 382 g/mol. The number of H-pyrrole nitrogens is 1. The van der Waals surface area contributed by atoms with Crippen LogP contribution in [0.1, 0.15) is 38.6 Å². The molecule has 0 saturated carbocycles. The number of imidazole rings is 1. The molecule has 0 amide bonds. The zero-order valence-corrected chi connectivity index (χ0v) is 17.4. The first-order valence-electron chi connectivity index (χ1n) is 9.64. The van der Waals surface area contributed by atoms with Crippen molar-refractivity contribution in [3.05, 3.63) is 41.9 Å². The van der Waals surface area contributed by atoms with Gasteiger partial charge in [0.15, 0.2) is 5.65 Å². The summed E-state index contributed by atoms with van der Waals surface area (Å²) in [5, 5.41) is 0. The van der Waals surface area contributed by atoms with E-state index in [2.05, 4.69) is 47.9 Å². The van der Waals surface area contributed by atoms with E-state index in [1.54, 1.807) is 13.3 Å². The van der Waals surface area contributed by atoms with E-state index in [9.17, 15) is 0 Å². The predicted molar refractivity (Wildman–Crippen MR) is 112 cm³/mol. The zero-order chi connectivity index (χ0) is 20.3. The fourth-order valence-corrected chi connectivity index (χ4v) is 3.61. The molecule has 0 aliphatic heterocycles. The number of rotatable bonds is 8. The highest BCUT2D eigenvalue weighted by molar-refractivity contribution is 5.89. The van der Waals surface area contributed by atoms with Gasteiger partial charge in [-0.25, -0.2) is 9.97 Å². The molecule has 6 heteroatoms. The SMILES string of the molecule is COCc1nc2c(-c3ccc(OCC(C)(N)CC(C)C)c(C)c3)ccnc2[nH]1. The van der Waals surface area contributed by atoms with Crippen molar-refractivity contribution in [1.82, 2.24) is 15.0 Å². The van der Waals surface area contributed by atoms with Crippen molar-refractivity contribution in [1.29, 1.82) is 0 Å². The number of nitrogens with one attached hydrogen (secondary N) is 1. The molecule has 1 aromatic carbocycles. The van der Waals surface area contributed by atoms with Crippen LogP contribution < -0.4 is 10.5 Å². The van der Waals surface area contributed by atoms with E-state index in [-0.39, 0.29) is 5.54 Å². The van der Waals surface area contributed by atoms with Gasteiger partial charge in [0.2, 0.25) is 0 Å². The van der Waals surface area contributed by atoms with Gasteiger partial charge >= 0.3 is 0 Å². The molecule has 28 heavy (non-hydrogen) atoms. The number of ether oxygens (including phenoxy) is 2. The largest absolute Gasteiger partial charge is 0.491 e. The number of aryl methyl sites for hydroxylation is 1. The van der Waals surface area contributed by atoms with Gasteiger partial charge in [0, 0.05) is 24.4 Å². The van der Waals surface area contributed by atoms with Crippen molar-refractivity contribution in [3.63, 3.8) is 0 Å². The normalized spacial score (nSPS) is 13.8. The van der Waals surface area contributed by atoms with Gasteiger partial charge < -0.3 is 20.2 Å². The van der Waals surface area contributed by atoms with Gasteiger partial charge in [-0.1, -0.05) is 19.9 Å². The number of benzene rings is 1. The van der Waals surface area contributed by atoms with Crippen LogP contribution in [0.4, 0.5) is 0 Å². The second kappa shape index (κ2) is 8.29. The van der Waals surface area contributed by atoms with Gasteiger partial charge in [-0.3, -0.25) is 0 Å². The Morgan fingerprint density at radius 2 is 2.04 bits per heavy atom. The average Bonchev–Trinajstić information content (AvgIpc) is 3.02. The van der Waals surface area contributed by atoms with Crippen LogP contribution in [0.5, 0.6) is 5.75 Å². The molecule has 3 N–H and O–H groups in total. The Labute approximate surface area is 166 Å². The Hall–Kier alpha value is -2.44. The summed E-state index contributed by atoms with van der Waals surface area (Å²) in [5.74, 6) is 2.16. The number of hydrogen-bond acceptors (Lipinski definition) is 5. The summed E-state index contributed by atoms with van der Waals surface area (Å²) in [5.41, 5.74) is 10.8. The highest BCUT2D eigenvalue weighted by Crippen LogP contribution is 2.30. The highest BCUT2D eigenvalue weighted by atomic mass is 16.5. The number of aromatic amines is 1. The highest BCUT2D eigenvalue weighted by Gasteiger charge is 2.21. The van der Waals surface area contributed by atoms with E-state index in [1.165, 1.54) is 0 Å². The standard InChI is InChI=1S/C22H30N4O2/c1-14(2)11-22(4,23)13-28-18-7-6-16(10-15(18)3)17-8-9-24-21-20(17)25-19(26-21)12-27-5/h6-10,14H,11-13,23H2,1-5H3,(H,24,25,26). The van der Waals surface area contributed by atoms with Gasteiger partial charge in [-0.2, -0.15) is 0 Å². The third kappa shape index (κ3) is 4.69.